The molecule has 0 unspecified atom stereocenters. The molecule has 0 spiro atoms. The maximum Gasteiger partial charge on any atom is 0.238 e. The van der Waals surface area contributed by atoms with Gasteiger partial charge in [0.25, 0.3) is 0 Å². The lowest BCUT2D eigenvalue weighted by atomic mass is 10.0. The van der Waals surface area contributed by atoms with E-state index in [4.69, 9.17) is 5.14 Å². The summed E-state index contributed by atoms with van der Waals surface area (Å²) in [4.78, 5) is 7.18. The van der Waals surface area contributed by atoms with Gasteiger partial charge in [-0.25, -0.2) is 23.1 Å². The van der Waals surface area contributed by atoms with E-state index in [1.165, 1.54) is 17.8 Å². The zero-order valence-electron chi connectivity index (χ0n) is 18.5. The Kier molecular flexibility index (Phi) is 5.40. The van der Waals surface area contributed by atoms with Gasteiger partial charge in [-0.2, -0.15) is 5.10 Å². The molecular weight excluding hydrogens is 436 g/mol. The molecule has 1 saturated heterocycles. The number of hydrogen-bond donors (Lipinski definition) is 2. The molecule has 0 amide bonds. The molecule has 1 aliphatic heterocycles. The Labute approximate surface area is 193 Å². The van der Waals surface area contributed by atoms with Crippen molar-refractivity contribution in [1.82, 2.24) is 19.9 Å². The molecule has 2 atom stereocenters. The minimum atomic E-state index is -3.73. The number of benzene rings is 2. The summed E-state index contributed by atoms with van der Waals surface area (Å²) in [5.74, 6) is 0. The number of fused-ring (bicyclic) bond motifs is 1. The Morgan fingerprint density at radius 3 is 2.18 bits per heavy atom. The summed E-state index contributed by atoms with van der Waals surface area (Å²) in [5.41, 5.74) is 5.59. The first kappa shape index (κ1) is 21.6. The van der Waals surface area contributed by atoms with Crippen LogP contribution in [0.1, 0.15) is 13.8 Å². The van der Waals surface area contributed by atoms with Crippen molar-refractivity contribution in [2.24, 2.45) is 5.14 Å². The largest absolute Gasteiger partial charge is 0.364 e. The van der Waals surface area contributed by atoms with Crippen LogP contribution >= 0.6 is 0 Å². The lowest BCUT2D eigenvalue weighted by molar-refractivity contribution is 0.432. The molecule has 3 N–H and O–H groups in total. The highest BCUT2D eigenvalue weighted by Gasteiger charge is 2.24. The third kappa shape index (κ3) is 4.10. The molecule has 8 nitrogen and oxygen atoms in total. The summed E-state index contributed by atoms with van der Waals surface area (Å²) in [5, 5.41) is 13.1. The molecule has 170 valence electrons. The highest BCUT2D eigenvalue weighted by molar-refractivity contribution is 7.89. The molecular formula is C24H26N6O2S. The van der Waals surface area contributed by atoms with Crippen molar-refractivity contribution < 1.29 is 8.42 Å². The predicted molar refractivity (Wildman–Crippen MR) is 130 cm³/mol. The first-order valence-corrected chi connectivity index (χ1v) is 12.4. The zero-order valence-corrected chi connectivity index (χ0v) is 19.3. The monoisotopic (exact) mass is 462 g/mol. The maximum atomic E-state index is 11.5. The third-order valence-corrected chi connectivity index (χ3v) is 7.11. The third-order valence-electron chi connectivity index (χ3n) is 6.18. The summed E-state index contributed by atoms with van der Waals surface area (Å²) in [7, 11) is -3.73. The Bertz CT molecular complexity index is 1390. The van der Waals surface area contributed by atoms with Crippen LogP contribution in [0.15, 0.2) is 72.0 Å². The van der Waals surface area contributed by atoms with E-state index < -0.39 is 10.0 Å². The van der Waals surface area contributed by atoms with Crippen LogP contribution in [0.5, 0.6) is 0 Å². The summed E-state index contributed by atoms with van der Waals surface area (Å²) in [6.45, 7) is 6.45. The number of nitrogens with two attached hydrogens (primary N) is 1. The second kappa shape index (κ2) is 8.26. The van der Waals surface area contributed by atoms with Crippen LogP contribution in [-0.2, 0) is 10.0 Å². The van der Waals surface area contributed by atoms with E-state index in [9.17, 15) is 8.42 Å². The van der Waals surface area contributed by atoms with Crippen molar-refractivity contribution in [2.45, 2.75) is 30.8 Å². The molecule has 1 fully saturated rings. The second-order valence-electron chi connectivity index (χ2n) is 8.55. The fraction of sp³-hybridized carbons (Fsp3) is 0.250. The molecule has 2 aromatic heterocycles. The van der Waals surface area contributed by atoms with Crippen molar-refractivity contribution in [3.63, 3.8) is 0 Å². The van der Waals surface area contributed by atoms with Crippen LogP contribution in [0, 0.1) is 0 Å². The fourth-order valence-electron chi connectivity index (χ4n) is 4.52. The Hall–Kier alpha value is -3.27. The quantitative estimate of drug-likeness (QED) is 0.483. The zero-order chi connectivity index (χ0) is 23.2. The fourth-order valence-corrected chi connectivity index (χ4v) is 5.03. The molecule has 4 aromatic rings. The minimum absolute atomic E-state index is 0.0750. The molecule has 33 heavy (non-hydrogen) atoms. The van der Waals surface area contributed by atoms with Crippen LogP contribution in [0.2, 0.25) is 0 Å². The molecule has 5 rings (SSSR count). The number of nitrogens with zero attached hydrogens (tertiary/aromatic N) is 4. The van der Waals surface area contributed by atoms with E-state index in [2.05, 4.69) is 58.4 Å². The number of aromatic nitrogens is 3. The molecule has 0 bridgehead atoms. The van der Waals surface area contributed by atoms with Crippen molar-refractivity contribution in [2.75, 3.05) is 18.0 Å². The van der Waals surface area contributed by atoms with Crippen LogP contribution in [-0.4, -0.2) is 48.2 Å². The summed E-state index contributed by atoms with van der Waals surface area (Å²) < 4.78 is 24.7. The lowest BCUT2D eigenvalue weighted by Gasteiger charge is -2.41. The van der Waals surface area contributed by atoms with Gasteiger partial charge < -0.3 is 10.2 Å². The van der Waals surface area contributed by atoms with Crippen molar-refractivity contribution in [1.29, 1.82) is 0 Å². The van der Waals surface area contributed by atoms with E-state index in [1.807, 2.05) is 12.4 Å². The average molecular weight is 463 g/mol. The van der Waals surface area contributed by atoms with Gasteiger partial charge in [0.15, 0.2) is 5.65 Å². The van der Waals surface area contributed by atoms with Gasteiger partial charge in [0.1, 0.15) is 0 Å². The Morgan fingerprint density at radius 2 is 1.55 bits per heavy atom. The number of nitrogens with one attached hydrogen (secondary N) is 1. The smallest absolute Gasteiger partial charge is 0.238 e. The molecule has 0 radical (unpaired) electrons. The van der Waals surface area contributed by atoms with Gasteiger partial charge in [0.05, 0.1) is 11.1 Å². The van der Waals surface area contributed by atoms with E-state index in [0.29, 0.717) is 17.7 Å². The van der Waals surface area contributed by atoms with Gasteiger partial charge >= 0.3 is 0 Å². The highest BCUT2D eigenvalue weighted by atomic mass is 32.2. The number of piperazine rings is 1. The van der Waals surface area contributed by atoms with Gasteiger partial charge in [0.2, 0.25) is 10.0 Å². The van der Waals surface area contributed by atoms with Gasteiger partial charge in [-0.1, -0.05) is 24.3 Å². The van der Waals surface area contributed by atoms with E-state index in [1.54, 1.807) is 22.8 Å². The first-order valence-electron chi connectivity index (χ1n) is 10.9. The molecule has 3 heterocycles. The van der Waals surface area contributed by atoms with Crippen molar-refractivity contribution in [3.8, 4) is 22.3 Å². The van der Waals surface area contributed by atoms with Crippen LogP contribution < -0.4 is 15.4 Å². The molecule has 0 aliphatic carbocycles. The van der Waals surface area contributed by atoms with Gasteiger partial charge in [-0.3, -0.25) is 0 Å². The van der Waals surface area contributed by atoms with Crippen molar-refractivity contribution in [3.05, 3.63) is 67.1 Å². The van der Waals surface area contributed by atoms with Gasteiger partial charge in [0, 0.05) is 54.4 Å². The van der Waals surface area contributed by atoms with E-state index in [-0.39, 0.29) is 4.90 Å². The predicted octanol–water partition coefficient (Wildman–Crippen LogP) is 2.90. The van der Waals surface area contributed by atoms with Gasteiger partial charge in [-0.05, 0) is 49.2 Å². The first-order chi connectivity index (χ1) is 15.8. The lowest BCUT2D eigenvalue weighted by Crippen LogP contribution is -2.55. The number of hydrogen-bond acceptors (Lipinski definition) is 6. The highest BCUT2D eigenvalue weighted by Crippen LogP contribution is 2.28. The normalized spacial score (nSPS) is 19.2. The van der Waals surface area contributed by atoms with Gasteiger partial charge in [-0.15, -0.1) is 0 Å². The van der Waals surface area contributed by atoms with Crippen LogP contribution in [0.3, 0.4) is 0 Å². The molecule has 2 aromatic carbocycles. The van der Waals surface area contributed by atoms with E-state index >= 15 is 0 Å². The number of anilines is 1. The number of rotatable bonds is 4. The second-order valence-corrected chi connectivity index (χ2v) is 10.1. The topological polar surface area (TPSA) is 106 Å². The van der Waals surface area contributed by atoms with Crippen LogP contribution in [0.25, 0.3) is 27.9 Å². The summed E-state index contributed by atoms with van der Waals surface area (Å²) in [6, 6.07) is 15.9. The SMILES string of the molecule is C[C@@H]1CNC[C@H](C)N1c1ccc(-c2cnc3c(-c4ccc(S(N)(=O)=O)cc4)cnn3c2)cc1. The average Bonchev–Trinajstić information content (AvgIpc) is 3.22. The molecule has 1 aliphatic rings. The molecule has 0 saturated carbocycles. The summed E-state index contributed by atoms with van der Waals surface area (Å²) >= 11 is 0. The Morgan fingerprint density at radius 1 is 0.909 bits per heavy atom. The van der Waals surface area contributed by atoms with Crippen LogP contribution in [0.4, 0.5) is 5.69 Å². The number of sulfonamides is 1. The maximum absolute atomic E-state index is 11.5. The van der Waals surface area contributed by atoms with Crippen molar-refractivity contribution >= 4 is 21.4 Å². The standard InChI is InChI=1S/C24H26N6O2S/c1-16-11-26-12-17(2)30(16)21-7-3-18(4-8-21)20-13-27-24-23(14-28-29(24)15-20)19-5-9-22(10-6-19)33(25,31)32/h3-10,13-17,26H,11-12H2,1-2H3,(H2,25,31,32)/t16-,17+. The minimum Gasteiger partial charge on any atom is -0.364 e. The van der Waals surface area contributed by atoms with E-state index in [0.717, 1.165) is 35.3 Å². The molecule has 9 heteroatoms. The summed E-state index contributed by atoms with van der Waals surface area (Å²) in [6.07, 6.45) is 5.52. The Balaban J connectivity index is 1.43. The number of primary sulfonamides is 1.